The maximum atomic E-state index is 11.0. The summed E-state index contributed by atoms with van der Waals surface area (Å²) in [7, 11) is -3.01. The second-order valence-electron chi connectivity index (χ2n) is 2.19. The van der Waals surface area contributed by atoms with Crippen LogP contribution >= 0.6 is 11.6 Å². The normalized spacial score (nSPS) is 13.5. The molecule has 66 valence electrons. The molecule has 0 unspecified atom stereocenters. The summed E-state index contributed by atoms with van der Waals surface area (Å²) in [6.07, 6.45) is 1.46. The van der Waals surface area contributed by atoms with Gasteiger partial charge in [-0.15, -0.1) is 0 Å². The number of hydrogen-bond donors (Lipinski definition) is 1. The zero-order valence-corrected chi connectivity index (χ0v) is 7.95. The average molecular weight is 198 g/mol. The maximum Gasteiger partial charge on any atom is 0.155 e. The molecule has 0 bridgehead atoms. The number of allylic oxidation sites excluding steroid dienone is 1. The van der Waals surface area contributed by atoms with Gasteiger partial charge in [0.1, 0.15) is 0 Å². The molecule has 0 atom stereocenters. The van der Waals surface area contributed by atoms with Crippen molar-refractivity contribution in [3.8, 4) is 0 Å². The first kappa shape index (κ1) is 10.9. The van der Waals surface area contributed by atoms with E-state index >= 15 is 0 Å². The molecule has 11 heavy (non-hydrogen) atoms. The van der Waals surface area contributed by atoms with Crippen LogP contribution in [-0.2, 0) is 9.84 Å². The number of nitrogens with two attached hydrogens (primary N) is 1. The second kappa shape index (κ2) is 4.74. The van der Waals surface area contributed by atoms with Crippen LogP contribution in [0.3, 0.4) is 0 Å². The molecular weight excluding hydrogens is 186 g/mol. The van der Waals surface area contributed by atoms with Crippen molar-refractivity contribution in [2.75, 3.05) is 18.1 Å². The zero-order valence-electron chi connectivity index (χ0n) is 6.38. The topological polar surface area (TPSA) is 60.2 Å². The summed E-state index contributed by atoms with van der Waals surface area (Å²) in [6, 6.07) is 0. The van der Waals surface area contributed by atoms with Gasteiger partial charge in [0.15, 0.2) is 9.84 Å². The lowest BCUT2D eigenvalue weighted by Crippen LogP contribution is -2.17. The molecule has 0 saturated carbocycles. The highest BCUT2D eigenvalue weighted by atomic mass is 35.5. The molecule has 0 fully saturated rings. The Balaban J connectivity index is 4.05. The Hall–Kier alpha value is -0.0600. The van der Waals surface area contributed by atoms with Gasteiger partial charge >= 0.3 is 0 Å². The summed E-state index contributed by atoms with van der Waals surface area (Å²) in [5, 5.41) is 0.491. The summed E-state index contributed by atoms with van der Waals surface area (Å²) in [4.78, 5) is 0. The van der Waals surface area contributed by atoms with Crippen molar-refractivity contribution >= 4 is 21.4 Å². The quantitative estimate of drug-likeness (QED) is 0.714. The fraction of sp³-hybridized carbons (Fsp3) is 0.667. The third-order valence-corrected chi connectivity index (χ3v) is 2.73. The van der Waals surface area contributed by atoms with Crippen molar-refractivity contribution in [2.45, 2.75) is 6.92 Å². The van der Waals surface area contributed by atoms with Gasteiger partial charge in [0.05, 0.1) is 11.5 Å². The van der Waals surface area contributed by atoms with Gasteiger partial charge in [0, 0.05) is 11.6 Å². The summed E-state index contributed by atoms with van der Waals surface area (Å²) >= 11 is 5.45. The van der Waals surface area contributed by atoms with Gasteiger partial charge in [-0.1, -0.05) is 17.7 Å². The van der Waals surface area contributed by atoms with E-state index in [1.807, 2.05) is 0 Å². The highest BCUT2D eigenvalue weighted by molar-refractivity contribution is 7.91. The van der Waals surface area contributed by atoms with E-state index in [4.69, 9.17) is 17.3 Å². The molecule has 0 aromatic carbocycles. The predicted molar refractivity (Wildman–Crippen MR) is 47.3 cm³/mol. The van der Waals surface area contributed by atoms with E-state index < -0.39 is 9.84 Å². The summed E-state index contributed by atoms with van der Waals surface area (Å²) in [6.45, 7) is 1.80. The van der Waals surface area contributed by atoms with Crippen molar-refractivity contribution in [2.24, 2.45) is 5.73 Å². The summed E-state index contributed by atoms with van der Waals surface area (Å²) < 4.78 is 21.9. The third-order valence-electron chi connectivity index (χ3n) is 1.05. The van der Waals surface area contributed by atoms with Crippen LogP contribution in [0.4, 0.5) is 0 Å². The van der Waals surface area contributed by atoms with Crippen LogP contribution in [0.15, 0.2) is 11.1 Å². The molecule has 0 aliphatic heterocycles. The maximum absolute atomic E-state index is 11.0. The summed E-state index contributed by atoms with van der Waals surface area (Å²) in [5.74, 6) is 0.00715. The minimum atomic E-state index is -3.01. The Kier molecular flexibility index (Phi) is 4.72. The first-order chi connectivity index (χ1) is 4.98. The van der Waals surface area contributed by atoms with Gasteiger partial charge in [-0.25, -0.2) is 8.42 Å². The van der Waals surface area contributed by atoms with E-state index in [9.17, 15) is 8.42 Å². The van der Waals surface area contributed by atoms with E-state index in [0.29, 0.717) is 5.03 Å². The van der Waals surface area contributed by atoms with Crippen molar-refractivity contribution in [3.05, 3.63) is 11.1 Å². The number of rotatable bonds is 4. The molecule has 0 spiro atoms. The zero-order chi connectivity index (χ0) is 8.91. The average Bonchev–Trinajstić information content (AvgIpc) is 1.84. The molecule has 0 radical (unpaired) electrons. The molecule has 0 heterocycles. The van der Waals surface area contributed by atoms with Gasteiger partial charge in [-0.2, -0.15) is 0 Å². The standard InChI is InChI=1S/C6H12ClNO2S/c1-6(7)2-4-11(9,10)5-3-8/h2H,3-5,8H2,1H3/b6-2-. The van der Waals surface area contributed by atoms with Crippen LogP contribution in [-0.4, -0.2) is 26.5 Å². The predicted octanol–water partition coefficient (Wildman–Crippen LogP) is 0.503. The van der Waals surface area contributed by atoms with Crippen molar-refractivity contribution < 1.29 is 8.42 Å². The number of sulfone groups is 1. The molecule has 0 aromatic rings. The Morgan fingerprint density at radius 3 is 2.55 bits per heavy atom. The van der Waals surface area contributed by atoms with Crippen LogP contribution in [0.25, 0.3) is 0 Å². The lowest BCUT2D eigenvalue weighted by molar-refractivity contribution is 0.598. The lowest BCUT2D eigenvalue weighted by atomic mass is 10.6. The van der Waals surface area contributed by atoms with E-state index in [2.05, 4.69) is 0 Å². The second-order valence-corrected chi connectivity index (χ2v) is 5.02. The van der Waals surface area contributed by atoms with Crippen molar-refractivity contribution in [1.29, 1.82) is 0 Å². The lowest BCUT2D eigenvalue weighted by Gasteiger charge is -1.96. The third kappa shape index (κ3) is 6.34. The smallest absolute Gasteiger partial charge is 0.155 e. The molecule has 0 aromatic heterocycles. The largest absolute Gasteiger partial charge is 0.329 e. The van der Waals surface area contributed by atoms with Gasteiger partial charge in [-0.05, 0) is 6.92 Å². The van der Waals surface area contributed by atoms with E-state index in [1.165, 1.54) is 6.08 Å². The molecule has 0 saturated heterocycles. The van der Waals surface area contributed by atoms with Crippen LogP contribution in [0.2, 0.25) is 0 Å². The van der Waals surface area contributed by atoms with Crippen molar-refractivity contribution in [1.82, 2.24) is 0 Å². The molecule has 0 aliphatic carbocycles. The van der Waals surface area contributed by atoms with E-state index in [-0.39, 0.29) is 18.1 Å². The number of halogens is 1. The van der Waals surface area contributed by atoms with Crippen LogP contribution in [0.5, 0.6) is 0 Å². The molecule has 5 heteroatoms. The van der Waals surface area contributed by atoms with Crippen LogP contribution < -0.4 is 5.73 Å². The Morgan fingerprint density at radius 1 is 1.64 bits per heavy atom. The summed E-state index contributed by atoms with van der Waals surface area (Å²) in [5.41, 5.74) is 5.09. The minimum absolute atomic E-state index is 0.0144. The van der Waals surface area contributed by atoms with E-state index in [0.717, 1.165) is 0 Å². The van der Waals surface area contributed by atoms with Gasteiger partial charge in [0.25, 0.3) is 0 Å². The van der Waals surface area contributed by atoms with Crippen molar-refractivity contribution in [3.63, 3.8) is 0 Å². The van der Waals surface area contributed by atoms with Crippen LogP contribution in [0, 0.1) is 0 Å². The fourth-order valence-electron chi connectivity index (χ4n) is 0.505. The van der Waals surface area contributed by atoms with Gasteiger partial charge in [-0.3, -0.25) is 0 Å². The molecule has 0 aliphatic rings. The molecule has 0 amide bonds. The Labute approximate surface area is 72.1 Å². The van der Waals surface area contributed by atoms with Gasteiger partial charge < -0.3 is 5.73 Å². The monoisotopic (exact) mass is 197 g/mol. The van der Waals surface area contributed by atoms with Gasteiger partial charge in [0.2, 0.25) is 0 Å². The first-order valence-corrected chi connectivity index (χ1v) is 5.40. The molecule has 2 N–H and O–H groups in total. The SMILES string of the molecule is C/C(Cl)=C/CS(=O)(=O)CCN. The van der Waals surface area contributed by atoms with E-state index in [1.54, 1.807) is 6.92 Å². The van der Waals surface area contributed by atoms with Crippen LogP contribution in [0.1, 0.15) is 6.92 Å². The minimum Gasteiger partial charge on any atom is -0.329 e. The fourth-order valence-corrected chi connectivity index (χ4v) is 1.70. The molecule has 0 rings (SSSR count). The first-order valence-electron chi connectivity index (χ1n) is 3.20. The molecular formula is C6H12ClNO2S. The molecule has 3 nitrogen and oxygen atoms in total. The highest BCUT2D eigenvalue weighted by Gasteiger charge is 2.06. The Morgan fingerprint density at radius 2 is 2.18 bits per heavy atom. The number of hydrogen-bond acceptors (Lipinski definition) is 3. The highest BCUT2D eigenvalue weighted by Crippen LogP contribution is 1.99. The Bertz CT molecular complexity index is 229.